The number of nitrogens with zero attached hydrogens (tertiary/aromatic N) is 1. The summed E-state index contributed by atoms with van der Waals surface area (Å²) in [5.74, 6) is 0.929. The van der Waals surface area contributed by atoms with Gasteiger partial charge in [0.15, 0.2) is 0 Å². The van der Waals surface area contributed by atoms with Gasteiger partial charge in [0, 0.05) is 29.4 Å². The number of benzene rings is 3. The summed E-state index contributed by atoms with van der Waals surface area (Å²) in [7, 11) is 0. The molecule has 27 heavy (non-hydrogen) atoms. The Morgan fingerprint density at radius 3 is 2.15 bits per heavy atom. The number of rotatable bonds is 6. The highest BCUT2D eigenvalue weighted by Gasteiger charge is 2.13. The summed E-state index contributed by atoms with van der Waals surface area (Å²) >= 11 is 0. The molecule has 0 aliphatic rings. The summed E-state index contributed by atoms with van der Waals surface area (Å²) in [5.41, 5.74) is 5.60. The molecule has 0 radical (unpaired) electrons. The fraction of sp³-hybridized carbons (Fsp3) is 0.0800. The van der Waals surface area contributed by atoms with Gasteiger partial charge in [0.2, 0.25) is 0 Å². The van der Waals surface area contributed by atoms with Gasteiger partial charge < -0.3 is 4.74 Å². The average Bonchev–Trinajstić information content (AvgIpc) is 2.75. The van der Waals surface area contributed by atoms with Crippen molar-refractivity contribution in [1.82, 2.24) is 4.98 Å². The first kappa shape index (κ1) is 17.0. The van der Waals surface area contributed by atoms with E-state index < -0.39 is 0 Å². The number of aromatic nitrogens is 1. The van der Waals surface area contributed by atoms with Crippen LogP contribution >= 0.6 is 0 Å². The van der Waals surface area contributed by atoms with Gasteiger partial charge in [0.05, 0.1) is 0 Å². The summed E-state index contributed by atoms with van der Waals surface area (Å²) in [6.45, 7) is 0.542. The normalized spacial score (nSPS) is 10.5. The number of hydrogen-bond acceptors (Lipinski definition) is 2. The standard InChI is InChI=1S/C25H21NO/c1-3-10-20(11-4-1)19-27-25-22(18-23-15-7-8-17-26-23)14-9-16-24(25)21-12-5-2-6-13-21/h1-17H,18-19H2. The molecule has 0 amide bonds. The van der Waals surface area contributed by atoms with E-state index in [1.165, 1.54) is 0 Å². The number of para-hydroxylation sites is 1. The van der Waals surface area contributed by atoms with Crippen molar-refractivity contribution in [3.05, 3.63) is 120 Å². The maximum absolute atomic E-state index is 6.35. The topological polar surface area (TPSA) is 22.1 Å². The SMILES string of the molecule is c1ccc(COc2c(Cc3ccccn3)cccc2-c2ccccc2)cc1. The molecule has 1 heterocycles. The molecular weight excluding hydrogens is 330 g/mol. The van der Waals surface area contributed by atoms with Crippen LogP contribution in [-0.2, 0) is 13.0 Å². The van der Waals surface area contributed by atoms with E-state index in [0.717, 1.165) is 40.1 Å². The first-order valence-corrected chi connectivity index (χ1v) is 9.14. The lowest BCUT2D eigenvalue weighted by Gasteiger charge is -2.16. The lowest BCUT2D eigenvalue weighted by Crippen LogP contribution is -2.02. The molecule has 4 aromatic rings. The molecule has 0 N–H and O–H groups in total. The van der Waals surface area contributed by atoms with Gasteiger partial charge in [0.25, 0.3) is 0 Å². The monoisotopic (exact) mass is 351 g/mol. The van der Waals surface area contributed by atoms with Crippen LogP contribution in [0.5, 0.6) is 5.75 Å². The van der Waals surface area contributed by atoms with E-state index in [1.54, 1.807) is 0 Å². The number of pyridine rings is 1. The predicted octanol–water partition coefficient (Wildman–Crippen LogP) is 5.92. The smallest absolute Gasteiger partial charge is 0.131 e. The minimum Gasteiger partial charge on any atom is -0.488 e. The zero-order valence-corrected chi connectivity index (χ0v) is 15.1. The minimum absolute atomic E-state index is 0.542. The Kier molecular flexibility index (Phi) is 5.26. The van der Waals surface area contributed by atoms with Gasteiger partial charge in [-0.25, -0.2) is 0 Å². The van der Waals surface area contributed by atoms with E-state index in [-0.39, 0.29) is 0 Å². The molecule has 2 heteroatoms. The molecular formula is C25H21NO. The Hall–Kier alpha value is -3.39. The third-order valence-corrected chi connectivity index (χ3v) is 4.51. The summed E-state index contributed by atoms with van der Waals surface area (Å²) < 4.78 is 6.35. The molecule has 132 valence electrons. The molecule has 0 aliphatic heterocycles. The van der Waals surface area contributed by atoms with E-state index in [1.807, 2.05) is 42.6 Å². The van der Waals surface area contributed by atoms with Crippen molar-refractivity contribution in [3.63, 3.8) is 0 Å². The summed E-state index contributed by atoms with van der Waals surface area (Å²) in [5, 5.41) is 0. The number of ether oxygens (including phenoxy) is 1. The van der Waals surface area contributed by atoms with E-state index in [4.69, 9.17) is 4.74 Å². The molecule has 2 nitrogen and oxygen atoms in total. The minimum atomic E-state index is 0.542. The Labute approximate surface area is 160 Å². The van der Waals surface area contributed by atoms with Gasteiger partial charge in [-0.3, -0.25) is 4.98 Å². The van der Waals surface area contributed by atoms with Gasteiger partial charge in [-0.15, -0.1) is 0 Å². The van der Waals surface area contributed by atoms with Crippen molar-refractivity contribution in [2.75, 3.05) is 0 Å². The fourth-order valence-corrected chi connectivity index (χ4v) is 3.17. The van der Waals surface area contributed by atoms with E-state index in [2.05, 4.69) is 65.6 Å². The lowest BCUT2D eigenvalue weighted by molar-refractivity contribution is 0.304. The first-order valence-electron chi connectivity index (χ1n) is 9.14. The highest BCUT2D eigenvalue weighted by Crippen LogP contribution is 2.34. The first-order chi connectivity index (χ1) is 13.4. The zero-order chi connectivity index (χ0) is 18.3. The van der Waals surface area contributed by atoms with E-state index in [0.29, 0.717) is 6.61 Å². The maximum Gasteiger partial charge on any atom is 0.131 e. The van der Waals surface area contributed by atoms with Crippen molar-refractivity contribution in [1.29, 1.82) is 0 Å². The van der Waals surface area contributed by atoms with Gasteiger partial charge in [-0.2, -0.15) is 0 Å². The summed E-state index contributed by atoms with van der Waals surface area (Å²) in [4.78, 5) is 4.48. The molecule has 1 aromatic heterocycles. The van der Waals surface area contributed by atoms with E-state index in [9.17, 15) is 0 Å². The molecule has 0 fully saturated rings. The van der Waals surface area contributed by atoms with Gasteiger partial charge >= 0.3 is 0 Å². The van der Waals surface area contributed by atoms with Gasteiger partial charge in [0.1, 0.15) is 12.4 Å². The number of hydrogen-bond donors (Lipinski definition) is 0. The average molecular weight is 351 g/mol. The molecule has 0 aliphatic carbocycles. The van der Waals surface area contributed by atoms with Crippen molar-refractivity contribution in [2.45, 2.75) is 13.0 Å². The van der Waals surface area contributed by atoms with Crippen molar-refractivity contribution >= 4 is 0 Å². The second-order valence-electron chi connectivity index (χ2n) is 6.43. The fourth-order valence-electron chi connectivity index (χ4n) is 3.17. The molecule has 3 aromatic carbocycles. The predicted molar refractivity (Wildman–Crippen MR) is 110 cm³/mol. The largest absolute Gasteiger partial charge is 0.488 e. The van der Waals surface area contributed by atoms with Crippen LogP contribution in [0.2, 0.25) is 0 Å². The Morgan fingerprint density at radius 1 is 0.667 bits per heavy atom. The summed E-state index contributed by atoms with van der Waals surface area (Å²) in [6, 6.07) is 33.0. The van der Waals surface area contributed by atoms with Crippen molar-refractivity contribution in [2.24, 2.45) is 0 Å². The van der Waals surface area contributed by atoms with Crippen molar-refractivity contribution < 1.29 is 4.74 Å². The van der Waals surface area contributed by atoms with Crippen LogP contribution in [0.4, 0.5) is 0 Å². The summed E-state index contributed by atoms with van der Waals surface area (Å²) in [6.07, 6.45) is 2.58. The molecule has 0 atom stereocenters. The second-order valence-corrected chi connectivity index (χ2v) is 6.43. The Bertz CT molecular complexity index is 982. The van der Waals surface area contributed by atoms with Crippen molar-refractivity contribution in [3.8, 4) is 16.9 Å². The molecule has 0 spiro atoms. The third-order valence-electron chi connectivity index (χ3n) is 4.51. The van der Waals surface area contributed by atoms with Crippen LogP contribution < -0.4 is 4.74 Å². The van der Waals surface area contributed by atoms with Crippen LogP contribution in [0.1, 0.15) is 16.8 Å². The third kappa shape index (κ3) is 4.24. The van der Waals surface area contributed by atoms with Crippen LogP contribution in [0, 0.1) is 0 Å². The lowest BCUT2D eigenvalue weighted by atomic mass is 9.99. The molecule has 4 rings (SSSR count). The van der Waals surface area contributed by atoms with Crippen LogP contribution in [0.3, 0.4) is 0 Å². The second kappa shape index (κ2) is 8.33. The van der Waals surface area contributed by atoms with E-state index >= 15 is 0 Å². The quantitative estimate of drug-likeness (QED) is 0.430. The Morgan fingerprint density at radius 2 is 1.41 bits per heavy atom. The zero-order valence-electron chi connectivity index (χ0n) is 15.1. The molecule has 0 saturated carbocycles. The highest BCUT2D eigenvalue weighted by atomic mass is 16.5. The molecule has 0 bridgehead atoms. The Balaban J connectivity index is 1.71. The molecule has 0 unspecified atom stereocenters. The van der Waals surface area contributed by atoms with Crippen LogP contribution in [-0.4, -0.2) is 4.98 Å². The van der Waals surface area contributed by atoms with Gasteiger partial charge in [-0.1, -0.05) is 84.9 Å². The maximum atomic E-state index is 6.35. The molecule has 0 saturated heterocycles. The van der Waals surface area contributed by atoms with Crippen LogP contribution in [0.25, 0.3) is 11.1 Å². The van der Waals surface area contributed by atoms with Gasteiger partial charge in [-0.05, 0) is 23.3 Å². The highest BCUT2D eigenvalue weighted by molar-refractivity contribution is 5.72. The van der Waals surface area contributed by atoms with Crippen LogP contribution in [0.15, 0.2) is 103 Å².